The van der Waals surface area contributed by atoms with Crippen molar-refractivity contribution in [1.82, 2.24) is 19.9 Å². The summed E-state index contributed by atoms with van der Waals surface area (Å²) < 4.78 is 5.50. The smallest absolute Gasteiger partial charge is 0.227 e. The third kappa shape index (κ3) is 4.58. The fourth-order valence-corrected chi connectivity index (χ4v) is 4.22. The molecule has 1 fully saturated rings. The number of aromatic nitrogens is 3. The first-order chi connectivity index (χ1) is 15.1. The van der Waals surface area contributed by atoms with Gasteiger partial charge in [0.2, 0.25) is 5.91 Å². The van der Waals surface area contributed by atoms with E-state index < -0.39 is 0 Å². The summed E-state index contributed by atoms with van der Waals surface area (Å²) in [4.78, 5) is 28.7. The van der Waals surface area contributed by atoms with Crippen LogP contribution >= 0.6 is 0 Å². The van der Waals surface area contributed by atoms with Crippen LogP contribution in [0.25, 0.3) is 11.1 Å². The Morgan fingerprint density at radius 2 is 1.94 bits per heavy atom. The zero-order valence-electron chi connectivity index (χ0n) is 18.3. The molecule has 160 valence electrons. The van der Waals surface area contributed by atoms with Crippen LogP contribution in [0.2, 0.25) is 0 Å². The Labute approximate surface area is 183 Å². The van der Waals surface area contributed by atoms with Gasteiger partial charge in [0.05, 0.1) is 24.8 Å². The second-order valence-corrected chi connectivity index (χ2v) is 7.91. The zero-order valence-corrected chi connectivity index (χ0v) is 18.3. The van der Waals surface area contributed by atoms with Crippen molar-refractivity contribution in [2.24, 2.45) is 0 Å². The monoisotopic (exact) mass is 416 g/mol. The molecule has 0 spiro atoms. The van der Waals surface area contributed by atoms with Gasteiger partial charge in [-0.05, 0) is 68.5 Å². The largest absolute Gasteiger partial charge is 0.494 e. The lowest BCUT2D eigenvalue weighted by atomic mass is 9.97. The number of pyridine rings is 1. The molecule has 6 nitrogen and oxygen atoms in total. The molecule has 6 heteroatoms. The highest BCUT2D eigenvalue weighted by atomic mass is 16.5. The van der Waals surface area contributed by atoms with Crippen molar-refractivity contribution in [1.29, 1.82) is 0 Å². The Morgan fingerprint density at radius 3 is 2.68 bits per heavy atom. The lowest BCUT2D eigenvalue weighted by Gasteiger charge is -2.26. The van der Waals surface area contributed by atoms with Gasteiger partial charge in [0.1, 0.15) is 11.6 Å². The predicted molar refractivity (Wildman–Crippen MR) is 120 cm³/mol. The van der Waals surface area contributed by atoms with Gasteiger partial charge in [0.25, 0.3) is 0 Å². The van der Waals surface area contributed by atoms with Gasteiger partial charge in [-0.2, -0.15) is 0 Å². The lowest BCUT2D eigenvalue weighted by molar-refractivity contribution is -0.131. The van der Waals surface area contributed by atoms with E-state index in [9.17, 15) is 4.79 Å². The zero-order chi connectivity index (χ0) is 21.8. The Hall–Kier alpha value is -3.28. The number of ether oxygens (including phenoxy) is 1. The van der Waals surface area contributed by atoms with Crippen LogP contribution in [0.5, 0.6) is 5.75 Å². The number of carbonyl (C=O) groups excluding carboxylic acids is 1. The number of benzene rings is 1. The molecular formula is C25H28N4O2. The van der Waals surface area contributed by atoms with E-state index in [-0.39, 0.29) is 11.9 Å². The van der Waals surface area contributed by atoms with Crippen LogP contribution in [-0.2, 0) is 11.2 Å². The maximum Gasteiger partial charge on any atom is 0.227 e. The molecule has 3 heterocycles. The molecule has 0 N–H and O–H groups in total. The molecule has 31 heavy (non-hydrogen) atoms. The molecule has 0 saturated carbocycles. The molecular weight excluding hydrogens is 388 g/mol. The molecule has 3 aromatic rings. The van der Waals surface area contributed by atoms with Crippen molar-refractivity contribution >= 4 is 5.91 Å². The van der Waals surface area contributed by atoms with E-state index in [1.54, 1.807) is 6.20 Å². The first kappa shape index (κ1) is 21.0. The SMILES string of the molecule is CCOc1ccc(CC(=O)N2CCC[C@H]2c2nc(C)ncc2-c2ccncc2C)cc1. The predicted octanol–water partition coefficient (Wildman–Crippen LogP) is 4.46. The number of carbonyl (C=O) groups is 1. The summed E-state index contributed by atoms with van der Waals surface area (Å²) in [6.07, 6.45) is 7.77. The first-order valence-electron chi connectivity index (χ1n) is 10.8. The van der Waals surface area contributed by atoms with Crippen LogP contribution in [-0.4, -0.2) is 38.9 Å². The summed E-state index contributed by atoms with van der Waals surface area (Å²) in [6.45, 7) is 7.27. The third-order valence-electron chi connectivity index (χ3n) is 5.73. The molecule has 1 aliphatic rings. The van der Waals surface area contributed by atoms with Crippen molar-refractivity contribution in [3.8, 4) is 16.9 Å². The van der Waals surface area contributed by atoms with Crippen LogP contribution < -0.4 is 4.74 Å². The molecule has 4 rings (SSSR count). The maximum absolute atomic E-state index is 13.3. The summed E-state index contributed by atoms with van der Waals surface area (Å²) in [7, 11) is 0. The number of likely N-dealkylation sites (tertiary alicyclic amines) is 1. The lowest BCUT2D eigenvalue weighted by Crippen LogP contribution is -2.32. The second kappa shape index (κ2) is 9.25. The molecule has 0 unspecified atom stereocenters. The van der Waals surface area contributed by atoms with Crippen LogP contribution in [0.15, 0.2) is 48.9 Å². The van der Waals surface area contributed by atoms with Gasteiger partial charge in [0, 0.05) is 30.7 Å². The van der Waals surface area contributed by atoms with Gasteiger partial charge in [-0.1, -0.05) is 12.1 Å². The third-order valence-corrected chi connectivity index (χ3v) is 5.73. The Balaban J connectivity index is 1.60. The number of hydrogen-bond donors (Lipinski definition) is 0. The van der Waals surface area contributed by atoms with Crippen molar-refractivity contribution in [2.45, 2.75) is 46.1 Å². The normalized spacial score (nSPS) is 15.8. The van der Waals surface area contributed by atoms with Gasteiger partial charge >= 0.3 is 0 Å². The van der Waals surface area contributed by atoms with Crippen molar-refractivity contribution < 1.29 is 9.53 Å². The van der Waals surface area contributed by atoms with Crippen molar-refractivity contribution in [3.05, 3.63) is 71.6 Å². The number of amides is 1. The minimum Gasteiger partial charge on any atom is -0.494 e. The molecule has 1 saturated heterocycles. The van der Waals surface area contributed by atoms with E-state index in [1.165, 1.54) is 0 Å². The van der Waals surface area contributed by atoms with E-state index in [1.807, 2.05) is 68.4 Å². The molecule has 0 aliphatic carbocycles. The quantitative estimate of drug-likeness (QED) is 0.593. The highest BCUT2D eigenvalue weighted by molar-refractivity contribution is 5.80. The van der Waals surface area contributed by atoms with Crippen LogP contribution in [0.3, 0.4) is 0 Å². The molecule has 1 aliphatic heterocycles. The Morgan fingerprint density at radius 1 is 1.13 bits per heavy atom. The minimum absolute atomic E-state index is 0.0422. The van der Waals surface area contributed by atoms with E-state index >= 15 is 0 Å². The van der Waals surface area contributed by atoms with Gasteiger partial charge in [-0.3, -0.25) is 9.78 Å². The van der Waals surface area contributed by atoms with E-state index in [4.69, 9.17) is 9.72 Å². The van der Waals surface area contributed by atoms with Crippen LogP contribution in [0.1, 0.15) is 48.5 Å². The molecule has 0 bridgehead atoms. The van der Waals surface area contributed by atoms with Gasteiger partial charge in [-0.15, -0.1) is 0 Å². The maximum atomic E-state index is 13.3. The van der Waals surface area contributed by atoms with Gasteiger partial charge < -0.3 is 9.64 Å². The minimum atomic E-state index is -0.0422. The van der Waals surface area contributed by atoms with E-state index in [2.05, 4.69) is 9.97 Å². The highest BCUT2D eigenvalue weighted by Gasteiger charge is 2.33. The fraction of sp³-hybridized carbons (Fsp3) is 0.360. The summed E-state index contributed by atoms with van der Waals surface area (Å²) in [6, 6.07) is 9.73. The number of rotatable bonds is 6. The summed E-state index contributed by atoms with van der Waals surface area (Å²) in [5.74, 6) is 1.67. The Kier molecular flexibility index (Phi) is 6.26. The molecule has 1 atom stereocenters. The summed E-state index contributed by atoms with van der Waals surface area (Å²) in [5.41, 5.74) is 5.04. The van der Waals surface area contributed by atoms with Crippen LogP contribution in [0.4, 0.5) is 0 Å². The number of hydrogen-bond acceptors (Lipinski definition) is 5. The van der Waals surface area contributed by atoms with Gasteiger partial charge in [-0.25, -0.2) is 9.97 Å². The second-order valence-electron chi connectivity index (χ2n) is 7.91. The Bertz CT molecular complexity index is 1070. The van der Waals surface area contributed by atoms with Gasteiger partial charge in [0.15, 0.2) is 0 Å². The molecule has 1 aromatic carbocycles. The average molecular weight is 417 g/mol. The summed E-state index contributed by atoms with van der Waals surface area (Å²) in [5, 5.41) is 0. The van der Waals surface area contributed by atoms with Crippen LogP contribution in [0, 0.1) is 13.8 Å². The average Bonchev–Trinajstić information content (AvgIpc) is 3.26. The molecule has 0 radical (unpaired) electrons. The number of nitrogens with zero attached hydrogens (tertiary/aromatic N) is 4. The van der Waals surface area contributed by atoms with E-state index in [0.29, 0.717) is 13.0 Å². The summed E-state index contributed by atoms with van der Waals surface area (Å²) >= 11 is 0. The fourth-order valence-electron chi connectivity index (χ4n) is 4.22. The topological polar surface area (TPSA) is 68.2 Å². The van der Waals surface area contributed by atoms with E-state index in [0.717, 1.165) is 58.9 Å². The van der Waals surface area contributed by atoms with Crippen molar-refractivity contribution in [3.63, 3.8) is 0 Å². The number of aryl methyl sites for hydroxylation is 2. The first-order valence-corrected chi connectivity index (χ1v) is 10.8. The molecule has 1 amide bonds. The standard InChI is InChI=1S/C25H28N4O2/c1-4-31-20-9-7-19(8-10-20)14-24(30)29-13-5-6-23(29)25-22(16-27-18(3)28-25)21-11-12-26-15-17(21)2/h7-12,15-16,23H,4-6,13-14H2,1-3H3/t23-/m0/s1. The van der Waals surface area contributed by atoms with Crippen molar-refractivity contribution in [2.75, 3.05) is 13.2 Å². The molecule has 2 aromatic heterocycles. The highest BCUT2D eigenvalue weighted by Crippen LogP contribution is 2.37.